The van der Waals surface area contributed by atoms with E-state index in [0.717, 1.165) is 0 Å². The van der Waals surface area contributed by atoms with Gasteiger partial charge in [-0.2, -0.15) is 0 Å². The summed E-state index contributed by atoms with van der Waals surface area (Å²) < 4.78 is 11.6. The third kappa shape index (κ3) is 4.73. The first-order chi connectivity index (χ1) is 5.89. The van der Waals surface area contributed by atoms with Crippen LogP contribution in [0.3, 0.4) is 0 Å². The predicted octanol–water partition coefficient (Wildman–Crippen LogP) is 2.41. The molecule has 0 aliphatic rings. The number of hydrogen-bond acceptors (Lipinski definition) is 2. The summed E-state index contributed by atoms with van der Waals surface area (Å²) in [6.07, 6.45) is 0. The zero-order chi connectivity index (χ0) is 10.5. The minimum atomic E-state index is -2.11. The summed E-state index contributed by atoms with van der Waals surface area (Å²) in [4.78, 5) is 0. The Labute approximate surface area is 86.0 Å². The van der Waals surface area contributed by atoms with Crippen LogP contribution in [0.5, 0.6) is 0 Å². The monoisotopic (exact) mass is 230 g/mol. The van der Waals surface area contributed by atoms with E-state index in [1.165, 1.54) is 0 Å². The summed E-state index contributed by atoms with van der Waals surface area (Å²) in [5.74, 6) is 0. The van der Waals surface area contributed by atoms with Gasteiger partial charge in [0.05, 0.1) is 0 Å². The second-order valence-electron chi connectivity index (χ2n) is 3.44. The molecular formula is C8H18O2Si3. The Morgan fingerprint density at radius 1 is 1.15 bits per heavy atom. The second kappa shape index (κ2) is 5.06. The molecule has 13 heavy (non-hydrogen) atoms. The van der Waals surface area contributed by atoms with Gasteiger partial charge in [-0.25, -0.2) is 0 Å². The number of hydrogen-bond donors (Lipinski definition) is 0. The van der Waals surface area contributed by atoms with Gasteiger partial charge in [0, 0.05) is 0 Å². The lowest BCUT2D eigenvalue weighted by Crippen LogP contribution is -2.47. The normalized spacial score (nSPS) is 16.3. The Balaban J connectivity index is 4.42. The molecule has 0 saturated heterocycles. The van der Waals surface area contributed by atoms with Crippen LogP contribution in [0, 0.1) is 0 Å². The van der Waals surface area contributed by atoms with Crippen molar-refractivity contribution in [3.63, 3.8) is 0 Å². The third-order valence-corrected chi connectivity index (χ3v) is 9.52. The van der Waals surface area contributed by atoms with Crippen molar-refractivity contribution in [3.8, 4) is 0 Å². The molecule has 0 amide bonds. The highest BCUT2D eigenvalue weighted by molar-refractivity contribution is 6.88. The highest BCUT2D eigenvalue weighted by atomic mass is 28.5. The van der Waals surface area contributed by atoms with E-state index >= 15 is 0 Å². The van der Waals surface area contributed by atoms with Gasteiger partial charge >= 0.3 is 8.56 Å². The molecule has 1 atom stereocenters. The molecular weight excluding hydrogens is 212 g/mol. The zero-order valence-electron chi connectivity index (χ0n) is 8.89. The molecule has 2 radical (unpaired) electrons. The van der Waals surface area contributed by atoms with Crippen molar-refractivity contribution in [2.75, 3.05) is 0 Å². The van der Waals surface area contributed by atoms with Crippen molar-refractivity contribution < 1.29 is 8.23 Å². The van der Waals surface area contributed by atoms with Crippen molar-refractivity contribution in [3.05, 3.63) is 24.6 Å². The van der Waals surface area contributed by atoms with Crippen molar-refractivity contribution in [2.45, 2.75) is 26.2 Å². The van der Waals surface area contributed by atoms with Gasteiger partial charge in [0.2, 0.25) is 9.76 Å². The Kier molecular flexibility index (Phi) is 5.08. The zero-order valence-corrected chi connectivity index (χ0v) is 11.9. The summed E-state index contributed by atoms with van der Waals surface area (Å²) in [6, 6.07) is 0. The fourth-order valence-corrected chi connectivity index (χ4v) is 8.21. The average molecular weight is 230 g/mol. The molecule has 0 aliphatic heterocycles. The molecule has 0 fully saturated rings. The smallest absolute Gasteiger partial charge is 0.340 e. The fraction of sp³-hybridized carbons (Fsp3) is 0.500. The molecule has 0 aromatic carbocycles. The molecule has 0 aromatic rings. The molecule has 0 aliphatic carbocycles. The van der Waals surface area contributed by atoms with Gasteiger partial charge in [0.25, 0.3) is 0 Å². The molecule has 0 bridgehead atoms. The van der Waals surface area contributed by atoms with Gasteiger partial charge < -0.3 is 8.23 Å². The Morgan fingerprint density at radius 2 is 1.69 bits per heavy atom. The minimum Gasteiger partial charge on any atom is -0.434 e. The molecule has 2 nitrogen and oxygen atoms in total. The largest absolute Gasteiger partial charge is 0.434 e. The lowest BCUT2D eigenvalue weighted by Gasteiger charge is -2.31. The van der Waals surface area contributed by atoms with E-state index in [0.29, 0.717) is 9.76 Å². The molecule has 0 heterocycles. The van der Waals surface area contributed by atoms with Crippen LogP contribution in [0.4, 0.5) is 0 Å². The lowest BCUT2D eigenvalue weighted by atomic mass is 11.3. The van der Waals surface area contributed by atoms with Crippen molar-refractivity contribution >= 4 is 26.6 Å². The van der Waals surface area contributed by atoms with Crippen LogP contribution in [0.1, 0.15) is 0 Å². The quantitative estimate of drug-likeness (QED) is 0.653. The van der Waals surface area contributed by atoms with E-state index in [9.17, 15) is 0 Å². The molecule has 1 unspecified atom stereocenters. The van der Waals surface area contributed by atoms with E-state index in [4.69, 9.17) is 8.23 Å². The van der Waals surface area contributed by atoms with Gasteiger partial charge in [-0.3, -0.25) is 0 Å². The van der Waals surface area contributed by atoms with Gasteiger partial charge in [0.15, 0.2) is 8.32 Å². The average Bonchev–Trinajstić information content (AvgIpc) is 2.04. The summed E-state index contributed by atoms with van der Waals surface area (Å²) in [5, 5.41) is 0. The first-order valence-electron chi connectivity index (χ1n) is 4.21. The van der Waals surface area contributed by atoms with Crippen LogP contribution < -0.4 is 0 Å². The Morgan fingerprint density at radius 3 is 2.00 bits per heavy atom. The first-order valence-corrected chi connectivity index (χ1v) is 11.0. The molecule has 74 valence electrons. The lowest BCUT2D eigenvalue weighted by molar-refractivity contribution is 0.423. The molecule has 0 N–H and O–H groups in total. The Hall–Kier alpha value is 0.0506. The van der Waals surface area contributed by atoms with E-state index < -0.39 is 16.9 Å². The molecule has 0 rings (SSSR count). The van der Waals surface area contributed by atoms with Crippen LogP contribution in [0.15, 0.2) is 24.6 Å². The summed E-state index contributed by atoms with van der Waals surface area (Å²) in [5.41, 5.74) is 3.76. The van der Waals surface area contributed by atoms with Gasteiger partial charge in [0.1, 0.15) is 0 Å². The maximum Gasteiger partial charge on any atom is 0.340 e. The third-order valence-electron chi connectivity index (χ3n) is 1.63. The molecule has 5 heteroatoms. The summed E-state index contributed by atoms with van der Waals surface area (Å²) in [7, 11) is -3.39. The standard InChI is InChI=1S/C8H18O2Si3/c1-7-12(4,5)10-13(6,8-2)9-11-3/h7-8H,1-2H2,3-6H3. The molecule has 0 saturated carbocycles. The highest BCUT2D eigenvalue weighted by Gasteiger charge is 2.34. The van der Waals surface area contributed by atoms with E-state index in [-0.39, 0.29) is 0 Å². The van der Waals surface area contributed by atoms with E-state index in [1.54, 1.807) is 0 Å². The fourth-order valence-electron chi connectivity index (χ4n) is 0.871. The van der Waals surface area contributed by atoms with Gasteiger partial charge in [-0.15, -0.1) is 13.2 Å². The van der Waals surface area contributed by atoms with E-state index in [2.05, 4.69) is 26.3 Å². The van der Waals surface area contributed by atoms with Crippen LogP contribution >= 0.6 is 0 Å². The van der Waals surface area contributed by atoms with Crippen LogP contribution in [-0.2, 0) is 8.23 Å². The van der Waals surface area contributed by atoms with Gasteiger partial charge in [-0.05, 0) is 26.2 Å². The summed E-state index contributed by atoms with van der Waals surface area (Å²) in [6.45, 7) is 15.8. The summed E-state index contributed by atoms with van der Waals surface area (Å²) >= 11 is 0. The van der Waals surface area contributed by atoms with Crippen molar-refractivity contribution in [2.24, 2.45) is 0 Å². The number of rotatable bonds is 6. The van der Waals surface area contributed by atoms with Crippen LogP contribution in [0.2, 0.25) is 26.2 Å². The predicted molar refractivity (Wildman–Crippen MR) is 63.3 cm³/mol. The molecule has 0 aromatic heterocycles. The first kappa shape index (κ1) is 13.1. The highest BCUT2D eigenvalue weighted by Crippen LogP contribution is 2.16. The SMILES string of the molecule is C=C[Si](C)(C)O[Si](C)(C=C)O[Si]C. The topological polar surface area (TPSA) is 18.5 Å². The van der Waals surface area contributed by atoms with Crippen LogP contribution in [-0.4, -0.2) is 26.6 Å². The van der Waals surface area contributed by atoms with Crippen molar-refractivity contribution in [1.82, 2.24) is 0 Å². The second-order valence-corrected chi connectivity index (χ2v) is 11.5. The van der Waals surface area contributed by atoms with Crippen molar-refractivity contribution in [1.29, 1.82) is 0 Å². The van der Waals surface area contributed by atoms with E-state index in [1.807, 2.05) is 24.5 Å². The minimum absolute atomic E-state index is 0.457. The van der Waals surface area contributed by atoms with Gasteiger partial charge in [-0.1, -0.05) is 11.4 Å². The Bertz CT molecular complexity index is 194. The maximum absolute atomic E-state index is 5.99. The molecule has 0 spiro atoms. The maximum atomic E-state index is 5.99. The van der Waals surface area contributed by atoms with Crippen LogP contribution in [0.25, 0.3) is 0 Å².